The predicted molar refractivity (Wildman–Crippen MR) is 121 cm³/mol. The molecule has 0 radical (unpaired) electrons. The van der Waals surface area contributed by atoms with E-state index < -0.39 is 3.55 Å². The van der Waals surface area contributed by atoms with Crippen LogP contribution in [-0.4, -0.2) is 28.1 Å². The number of ether oxygens (including phenoxy) is 1. The monoisotopic (exact) mass is 498 g/mol. The van der Waals surface area contributed by atoms with Gasteiger partial charge in [-0.05, 0) is 77.0 Å². The smallest absolute Gasteiger partial charge is 0.221 e. The summed E-state index contributed by atoms with van der Waals surface area (Å²) in [7, 11) is 1.62. The third-order valence-corrected chi connectivity index (χ3v) is 5.75. The topological polar surface area (TPSA) is 69.0 Å². The molecule has 1 unspecified atom stereocenters. The molecule has 2 aromatic heterocycles. The molecule has 6 nitrogen and oxygen atoms in total. The van der Waals surface area contributed by atoms with Crippen LogP contribution in [-0.2, 0) is 8.34 Å². The van der Waals surface area contributed by atoms with Crippen molar-refractivity contribution in [2.24, 2.45) is 0 Å². The standard InChI is InChI=1S/C22H19IN4O2/c1-22(23,26-14-28)16-8-9-20-19(12-16)25-13-27(20)17-6-3-5-15(11-17)18-7-4-10-24-21(18)29-2/h3-14H,1-2H3,(H,26,28). The minimum atomic E-state index is -0.492. The van der Waals surface area contributed by atoms with Crippen LogP contribution >= 0.6 is 22.6 Å². The van der Waals surface area contributed by atoms with Crippen LogP contribution in [0, 0.1) is 0 Å². The maximum absolute atomic E-state index is 10.9. The number of pyridine rings is 1. The second-order valence-electron chi connectivity index (χ2n) is 6.69. The third-order valence-electron chi connectivity index (χ3n) is 4.82. The van der Waals surface area contributed by atoms with E-state index in [1.807, 2.05) is 66.3 Å². The Morgan fingerprint density at radius 2 is 2.00 bits per heavy atom. The largest absolute Gasteiger partial charge is 0.481 e. The van der Waals surface area contributed by atoms with Gasteiger partial charge in [-0.3, -0.25) is 9.36 Å². The second-order valence-corrected chi connectivity index (χ2v) is 8.85. The molecule has 4 rings (SSSR count). The van der Waals surface area contributed by atoms with Gasteiger partial charge in [0.15, 0.2) is 0 Å². The van der Waals surface area contributed by atoms with Crippen LogP contribution in [0.1, 0.15) is 12.5 Å². The van der Waals surface area contributed by atoms with Crippen LogP contribution in [0.15, 0.2) is 67.1 Å². The Morgan fingerprint density at radius 3 is 2.79 bits per heavy atom. The number of amides is 1. The molecule has 29 heavy (non-hydrogen) atoms. The molecule has 0 bridgehead atoms. The zero-order chi connectivity index (χ0) is 20.4. The third kappa shape index (κ3) is 3.69. The van der Waals surface area contributed by atoms with Crippen LogP contribution in [0.3, 0.4) is 0 Å². The van der Waals surface area contributed by atoms with E-state index in [2.05, 4.69) is 43.9 Å². The summed E-state index contributed by atoms with van der Waals surface area (Å²) in [6.45, 7) is 1.95. The Morgan fingerprint density at radius 1 is 1.14 bits per heavy atom. The van der Waals surface area contributed by atoms with Crippen molar-refractivity contribution < 1.29 is 9.53 Å². The summed E-state index contributed by atoms with van der Waals surface area (Å²) in [6, 6.07) is 18.1. The Hall–Kier alpha value is -2.94. The van der Waals surface area contributed by atoms with Crippen molar-refractivity contribution in [2.45, 2.75) is 10.5 Å². The number of fused-ring (bicyclic) bond motifs is 1. The van der Waals surface area contributed by atoms with Crippen molar-refractivity contribution in [1.29, 1.82) is 0 Å². The normalized spacial score (nSPS) is 13.1. The molecule has 1 atom stereocenters. The van der Waals surface area contributed by atoms with E-state index in [0.29, 0.717) is 12.3 Å². The fraction of sp³-hybridized carbons (Fsp3) is 0.136. The van der Waals surface area contributed by atoms with Gasteiger partial charge >= 0.3 is 0 Å². The summed E-state index contributed by atoms with van der Waals surface area (Å²) >= 11 is 2.22. The van der Waals surface area contributed by atoms with Gasteiger partial charge in [0.1, 0.15) is 9.87 Å². The fourth-order valence-electron chi connectivity index (χ4n) is 3.30. The molecule has 2 aromatic carbocycles. The summed E-state index contributed by atoms with van der Waals surface area (Å²) < 4.78 is 6.96. The number of carbonyl (C=O) groups excluding carboxylic acids is 1. The summed E-state index contributed by atoms with van der Waals surface area (Å²) in [5.74, 6) is 0.591. The van der Waals surface area contributed by atoms with E-state index in [1.54, 1.807) is 13.3 Å². The molecule has 0 fully saturated rings. The Balaban J connectivity index is 1.77. The molecule has 0 saturated carbocycles. The van der Waals surface area contributed by atoms with Crippen LogP contribution in [0.25, 0.3) is 27.8 Å². The molecule has 0 spiro atoms. The van der Waals surface area contributed by atoms with Gasteiger partial charge in [0.05, 0.1) is 18.1 Å². The average molecular weight is 498 g/mol. The molecule has 7 heteroatoms. The number of nitrogens with one attached hydrogen (secondary N) is 1. The lowest BCUT2D eigenvalue weighted by molar-refractivity contribution is -0.110. The van der Waals surface area contributed by atoms with Crippen molar-refractivity contribution in [2.75, 3.05) is 7.11 Å². The number of aromatic nitrogens is 3. The maximum Gasteiger partial charge on any atom is 0.221 e. The van der Waals surface area contributed by atoms with Crippen molar-refractivity contribution >= 4 is 40.0 Å². The first-order valence-electron chi connectivity index (χ1n) is 9.01. The molecule has 0 aliphatic carbocycles. The van der Waals surface area contributed by atoms with E-state index in [4.69, 9.17) is 4.74 Å². The SMILES string of the molecule is COc1ncccc1-c1cccc(-n2cnc3cc(C(C)(I)NC=O)ccc32)c1. The molecule has 146 valence electrons. The Labute approximate surface area is 182 Å². The summed E-state index contributed by atoms with van der Waals surface area (Å²) in [5.41, 5.74) is 5.78. The lowest BCUT2D eigenvalue weighted by Gasteiger charge is -2.22. The predicted octanol–water partition coefficient (Wildman–Crippen LogP) is 4.45. The lowest BCUT2D eigenvalue weighted by atomic mass is 10.1. The quantitative estimate of drug-likeness (QED) is 0.185. The van der Waals surface area contributed by atoms with E-state index in [1.165, 1.54) is 0 Å². The number of methoxy groups -OCH3 is 1. The van der Waals surface area contributed by atoms with Crippen molar-refractivity contribution in [1.82, 2.24) is 19.9 Å². The summed E-state index contributed by atoms with van der Waals surface area (Å²) in [4.78, 5) is 19.8. The number of alkyl halides is 1. The molecule has 0 aliphatic rings. The highest BCUT2D eigenvalue weighted by Crippen LogP contribution is 2.32. The van der Waals surface area contributed by atoms with Crippen LogP contribution < -0.4 is 10.1 Å². The number of halogens is 1. The first-order chi connectivity index (χ1) is 14.0. The first kappa shape index (κ1) is 19.4. The second kappa shape index (κ2) is 7.82. The Bertz CT molecular complexity index is 1190. The summed E-state index contributed by atoms with van der Waals surface area (Å²) in [5, 5.41) is 2.83. The highest BCUT2D eigenvalue weighted by Gasteiger charge is 2.22. The molecule has 0 saturated heterocycles. The zero-order valence-electron chi connectivity index (χ0n) is 16.0. The molecule has 4 aromatic rings. The number of hydrogen-bond acceptors (Lipinski definition) is 4. The lowest BCUT2D eigenvalue weighted by Crippen LogP contribution is -2.31. The number of benzene rings is 2. The van der Waals surface area contributed by atoms with Crippen molar-refractivity contribution in [3.63, 3.8) is 0 Å². The zero-order valence-corrected chi connectivity index (χ0v) is 18.1. The van der Waals surface area contributed by atoms with Crippen LogP contribution in [0.4, 0.5) is 0 Å². The number of hydrogen-bond donors (Lipinski definition) is 1. The fourth-order valence-corrected chi connectivity index (χ4v) is 3.76. The van der Waals surface area contributed by atoms with E-state index in [-0.39, 0.29) is 0 Å². The molecular formula is C22H19IN4O2. The van der Waals surface area contributed by atoms with Gasteiger partial charge in [0.25, 0.3) is 0 Å². The number of carbonyl (C=O) groups is 1. The van der Waals surface area contributed by atoms with Gasteiger partial charge in [-0.1, -0.05) is 18.2 Å². The van der Waals surface area contributed by atoms with Gasteiger partial charge < -0.3 is 10.1 Å². The van der Waals surface area contributed by atoms with E-state index in [0.717, 1.165) is 33.4 Å². The number of rotatable bonds is 6. The molecule has 2 heterocycles. The average Bonchev–Trinajstić information content (AvgIpc) is 3.17. The minimum Gasteiger partial charge on any atom is -0.481 e. The molecule has 1 amide bonds. The van der Waals surface area contributed by atoms with Gasteiger partial charge in [-0.15, -0.1) is 0 Å². The maximum atomic E-state index is 10.9. The van der Waals surface area contributed by atoms with Gasteiger partial charge in [-0.2, -0.15) is 0 Å². The molecular weight excluding hydrogens is 479 g/mol. The van der Waals surface area contributed by atoms with Crippen molar-refractivity contribution in [3.8, 4) is 22.7 Å². The molecule has 0 aliphatic heterocycles. The van der Waals surface area contributed by atoms with E-state index in [9.17, 15) is 4.79 Å². The molecule has 1 N–H and O–H groups in total. The van der Waals surface area contributed by atoms with E-state index >= 15 is 0 Å². The van der Waals surface area contributed by atoms with Gasteiger partial charge in [0, 0.05) is 17.4 Å². The highest BCUT2D eigenvalue weighted by molar-refractivity contribution is 14.1. The first-order valence-corrected chi connectivity index (χ1v) is 10.1. The summed E-state index contributed by atoms with van der Waals surface area (Å²) in [6.07, 6.45) is 4.24. The van der Waals surface area contributed by atoms with Gasteiger partial charge in [0.2, 0.25) is 12.3 Å². The van der Waals surface area contributed by atoms with Crippen LogP contribution in [0.5, 0.6) is 5.88 Å². The Kier molecular flexibility index (Phi) is 5.23. The van der Waals surface area contributed by atoms with Gasteiger partial charge in [-0.25, -0.2) is 9.97 Å². The van der Waals surface area contributed by atoms with Crippen LogP contribution in [0.2, 0.25) is 0 Å². The van der Waals surface area contributed by atoms with Crippen molar-refractivity contribution in [3.05, 3.63) is 72.7 Å². The highest BCUT2D eigenvalue weighted by atomic mass is 127. The minimum absolute atomic E-state index is 0.492. The number of imidazole rings is 1. The number of nitrogens with zero attached hydrogens (tertiary/aromatic N) is 3.